The third-order valence-electron chi connectivity index (χ3n) is 2.92. The molecule has 0 spiro atoms. The highest BCUT2D eigenvalue weighted by Crippen LogP contribution is 2.26. The minimum absolute atomic E-state index is 0.773. The van der Waals surface area contributed by atoms with Gasteiger partial charge in [0.1, 0.15) is 5.75 Å². The summed E-state index contributed by atoms with van der Waals surface area (Å²) in [4.78, 5) is 0. The molecule has 0 unspecified atom stereocenters. The maximum absolute atomic E-state index is 5.76. The van der Waals surface area contributed by atoms with E-state index >= 15 is 0 Å². The van der Waals surface area contributed by atoms with E-state index in [1.54, 1.807) is 0 Å². The van der Waals surface area contributed by atoms with Crippen molar-refractivity contribution in [1.82, 2.24) is 0 Å². The van der Waals surface area contributed by atoms with Gasteiger partial charge in [0.15, 0.2) is 0 Å². The summed E-state index contributed by atoms with van der Waals surface area (Å²) in [5.74, 6) is 1.72. The van der Waals surface area contributed by atoms with Crippen molar-refractivity contribution < 1.29 is 4.74 Å². The number of hydrogen-bond donors (Lipinski definition) is 0. The average Bonchev–Trinajstić information content (AvgIpc) is 2.69. The summed E-state index contributed by atoms with van der Waals surface area (Å²) in [7, 11) is 0. The first-order valence-electron chi connectivity index (χ1n) is 5.40. The van der Waals surface area contributed by atoms with Gasteiger partial charge in [0.05, 0.1) is 6.61 Å². The maximum Gasteiger partial charge on any atom is 0.122 e. The third kappa shape index (κ3) is 2.28. The Morgan fingerprint density at radius 2 is 1.93 bits per heavy atom. The summed E-state index contributed by atoms with van der Waals surface area (Å²) in [5, 5.41) is 0. The van der Waals surface area contributed by atoms with Crippen LogP contribution in [0, 0.1) is 12.8 Å². The Balaban J connectivity index is 1.88. The zero-order valence-corrected chi connectivity index (χ0v) is 8.54. The second kappa shape index (κ2) is 4.50. The van der Waals surface area contributed by atoms with E-state index in [2.05, 4.69) is 6.92 Å². The number of hydrogen-bond acceptors (Lipinski definition) is 1. The zero-order chi connectivity index (χ0) is 9.80. The summed E-state index contributed by atoms with van der Waals surface area (Å²) >= 11 is 0. The fourth-order valence-corrected chi connectivity index (χ4v) is 2.03. The van der Waals surface area contributed by atoms with Crippen LogP contribution < -0.4 is 4.74 Å². The normalized spacial score (nSPS) is 17.2. The van der Waals surface area contributed by atoms with E-state index in [1.807, 2.05) is 24.3 Å². The molecule has 75 valence electrons. The van der Waals surface area contributed by atoms with Gasteiger partial charge in [-0.3, -0.25) is 0 Å². The van der Waals surface area contributed by atoms with Crippen molar-refractivity contribution >= 4 is 0 Å². The van der Waals surface area contributed by atoms with Crippen LogP contribution >= 0.6 is 0 Å². The molecule has 1 fully saturated rings. The lowest BCUT2D eigenvalue weighted by Gasteiger charge is -2.12. The molecule has 1 heteroatoms. The van der Waals surface area contributed by atoms with Gasteiger partial charge < -0.3 is 4.74 Å². The monoisotopic (exact) mass is 189 g/mol. The topological polar surface area (TPSA) is 9.23 Å². The molecular weight excluding hydrogens is 172 g/mol. The van der Waals surface area contributed by atoms with Gasteiger partial charge in [0, 0.05) is 0 Å². The van der Waals surface area contributed by atoms with E-state index < -0.39 is 0 Å². The smallest absolute Gasteiger partial charge is 0.122 e. The molecule has 14 heavy (non-hydrogen) atoms. The summed E-state index contributed by atoms with van der Waals surface area (Å²) in [6.45, 7) is 4.81. The molecule has 1 radical (unpaired) electrons. The van der Waals surface area contributed by atoms with Gasteiger partial charge in [-0.1, -0.05) is 31.0 Å². The zero-order valence-electron chi connectivity index (χ0n) is 8.54. The maximum atomic E-state index is 5.76. The quantitative estimate of drug-likeness (QED) is 0.707. The molecule has 0 aromatic heterocycles. The van der Waals surface area contributed by atoms with E-state index in [1.165, 1.54) is 25.7 Å². The van der Waals surface area contributed by atoms with Gasteiger partial charge in [0.25, 0.3) is 0 Å². The van der Waals surface area contributed by atoms with Crippen molar-refractivity contribution in [2.45, 2.75) is 25.7 Å². The predicted molar refractivity (Wildman–Crippen MR) is 58.4 cm³/mol. The molecule has 1 aliphatic rings. The highest BCUT2D eigenvalue weighted by molar-refractivity contribution is 5.35. The van der Waals surface area contributed by atoms with Crippen molar-refractivity contribution in [2.24, 2.45) is 5.92 Å². The SMILES string of the molecule is [CH2]c1ccccc1OCC1CCCC1. The van der Waals surface area contributed by atoms with Crippen molar-refractivity contribution in [3.8, 4) is 5.75 Å². The van der Waals surface area contributed by atoms with Crippen LogP contribution in [-0.2, 0) is 0 Å². The van der Waals surface area contributed by atoms with E-state index in [0.717, 1.165) is 23.8 Å². The summed E-state index contributed by atoms with van der Waals surface area (Å²) < 4.78 is 5.76. The third-order valence-corrected chi connectivity index (χ3v) is 2.92. The van der Waals surface area contributed by atoms with Gasteiger partial charge in [-0.15, -0.1) is 0 Å². The molecule has 0 atom stereocenters. The Morgan fingerprint density at radius 3 is 2.64 bits per heavy atom. The van der Waals surface area contributed by atoms with Gasteiger partial charge >= 0.3 is 0 Å². The van der Waals surface area contributed by atoms with E-state index in [-0.39, 0.29) is 0 Å². The summed E-state index contributed by atoms with van der Waals surface area (Å²) in [6.07, 6.45) is 5.42. The second-order valence-electron chi connectivity index (χ2n) is 4.07. The minimum Gasteiger partial charge on any atom is -0.493 e. The number of benzene rings is 1. The molecule has 1 saturated carbocycles. The van der Waals surface area contributed by atoms with Crippen LogP contribution in [0.15, 0.2) is 24.3 Å². The van der Waals surface area contributed by atoms with E-state index in [4.69, 9.17) is 4.74 Å². The predicted octanol–water partition coefficient (Wildman–Crippen LogP) is 3.44. The van der Waals surface area contributed by atoms with Crippen LogP contribution in [0.1, 0.15) is 31.2 Å². The molecular formula is C13H17O. The first kappa shape index (κ1) is 9.57. The second-order valence-corrected chi connectivity index (χ2v) is 4.07. The lowest BCUT2D eigenvalue weighted by molar-refractivity contribution is 0.251. The highest BCUT2D eigenvalue weighted by Gasteiger charge is 2.15. The van der Waals surface area contributed by atoms with Crippen LogP contribution in [0.3, 0.4) is 0 Å². The fraction of sp³-hybridized carbons (Fsp3) is 0.462. The molecule has 0 amide bonds. The minimum atomic E-state index is 0.773. The van der Waals surface area contributed by atoms with Crippen LogP contribution in [0.25, 0.3) is 0 Å². The Bertz CT molecular complexity index is 287. The number of para-hydroxylation sites is 1. The average molecular weight is 189 g/mol. The first-order chi connectivity index (χ1) is 6.86. The van der Waals surface area contributed by atoms with Crippen molar-refractivity contribution in [2.75, 3.05) is 6.61 Å². The van der Waals surface area contributed by atoms with Gasteiger partial charge in [-0.25, -0.2) is 0 Å². The highest BCUT2D eigenvalue weighted by atomic mass is 16.5. The lowest BCUT2D eigenvalue weighted by Crippen LogP contribution is -2.08. The molecule has 2 rings (SSSR count). The molecule has 0 aliphatic heterocycles. The summed E-state index contributed by atoms with van der Waals surface area (Å²) in [5.41, 5.74) is 0.991. The molecule has 1 aromatic carbocycles. The largest absolute Gasteiger partial charge is 0.493 e. The first-order valence-corrected chi connectivity index (χ1v) is 5.40. The standard InChI is InChI=1S/C13H17O/c1-11-6-2-5-9-13(11)14-10-12-7-3-4-8-12/h2,5-6,9,12H,1,3-4,7-8,10H2. The van der Waals surface area contributed by atoms with Crippen LogP contribution in [-0.4, -0.2) is 6.61 Å². The van der Waals surface area contributed by atoms with E-state index in [0.29, 0.717) is 0 Å². The molecule has 1 aliphatic carbocycles. The molecule has 1 nitrogen and oxygen atoms in total. The molecule has 1 aromatic rings. The lowest BCUT2D eigenvalue weighted by atomic mass is 10.1. The number of ether oxygens (including phenoxy) is 1. The fourth-order valence-electron chi connectivity index (χ4n) is 2.03. The molecule has 0 bridgehead atoms. The Hall–Kier alpha value is -0.980. The van der Waals surface area contributed by atoms with Crippen molar-refractivity contribution in [3.63, 3.8) is 0 Å². The van der Waals surface area contributed by atoms with Crippen molar-refractivity contribution in [3.05, 3.63) is 36.8 Å². The van der Waals surface area contributed by atoms with E-state index in [9.17, 15) is 0 Å². The Morgan fingerprint density at radius 1 is 1.21 bits per heavy atom. The van der Waals surface area contributed by atoms with Gasteiger partial charge in [-0.2, -0.15) is 0 Å². The Kier molecular flexibility index (Phi) is 3.07. The van der Waals surface area contributed by atoms with Crippen molar-refractivity contribution in [1.29, 1.82) is 0 Å². The summed E-state index contributed by atoms with van der Waals surface area (Å²) in [6, 6.07) is 7.98. The van der Waals surface area contributed by atoms with Gasteiger partial charge in [0.2, 0.25) is 0 Å². The number of rotatable bonds is 3. The molecule has 0 N–H and O–H groups in total. The van der Waals surface area contributed by atoms with Gasteiger partial charge in [-0.05, 0) is 37.3 Å². The molecule has 0 heterocycles. The molecule has 0 saturated heterocycles. The van der Waals surface area contributed by atoms with Crippen LogP contribution in [0.5, 0.6) is 5.75 Å². The van der Waals surface area contributed by atoms with Crippen LogP contribution in [0.4, 0.5) is 0 Å². The van der Waals surface area contributed by atoms with Crippen LogP contribution in [0.2, 0.25) is 0 Å². The Labute approximate surface area is 86.1 Å².